The van der Waals surface area contributed by atoms with E-state index in [0.717, 1.165) is 0 Å². The van der Waals surface area contributed by atoms with E-state index < -0.39 is 12.1 Å². The highest BCUT2D eigenvalue weighted by Crippen LogP contribution is 1.92. The fraction of sp³-hybridized carbons (Fsp3) is 0.714. The van der Waals surface area contributed by atoms with E-state index in [-0.39, 0.29) is 18.8 Å². The summed E-state index contributed by atoms with van der Waals surface area (Å²) in [5.74, 6) is -0.751. The van der Waals surface area contributed by atoms with Crippen molar-refractivity contribution < 1.29 is 19.4 Å². The van der Waals surface area contributed by atoms with Crippen LogP contribution in [0.15, 0.2) is 0 Å². The maximum absolute atomic E-state index is 10.6. The monoisotopic (exact) mass is 160 g/mol. The number of esters is 1. The van der Waals surface area contributed by atoms with Crippen LogP contribution < -0.4 is 0 Å². The van der Waals surface area contributed by atoms with E-state index in [1.807, 2.05) is 0 Å². The second kappa shape index (κ2) is 4.85. The molecule has 0 amide bonds. The Labute approximate surface area is 65.2 Å². The van der Waals surface area contributed by atoms with Crippen LogP contribution in [0.2, 0.25) is 0 Å². The molecular weight excluding hydrogens is 148 g/mol. The third-order valence-electron chi connectivity index (χ3n) is 0.898. The van der Waals surface area contributed by atoms with Gasteiger partial charge in [-0.2, -0.15) is 0 Å². The Balaban J connectivity index is 3.45. The van der Waals surface area contributed by atoms with Gasteiger partial charge in [-0.25, -0.2) is 0 Å². The fourth-order valence-electron chi connectivity index (χ4n) is 0.482. The van der Waals surface area contributed by atoms with Gasteiger partial charge in [-0.3, -0.25) is 9.59 Å². The molecule has 1 atom stereocenters. The van der Waals surface area contributed by atoms with Crippen molar-refractivity contribution in [2.45, 2.75) is 26.4 Å². The number of aliphatic hydroxyl groups excluding tert-OH is 1. The zero-order valence-corrected chi connectivity index (χ0v) is 6.66. The molecule has 0 saturated carbocycles. The molecule has 0 spiro atoms. The van der Waals surface area contributed by atoms with Gasteiger partial charge in [0.05, 0.1) is 12.5 Å². The normalized spacial score (nSPS) is 12.3. The maximum atomic E-state index is 10.6. The summed E-state index contributed by atoms with van der Waals surface area (Å²) in [5, 5.41) is 8.70. The summed E-state index contributed by atoms with van der Waals surface area (Å²) in [5.41, 5.74) is 0. The van der Waals surface area contributed by atoms with Crippen molar-refractivity contribution >= 4 is 11.8 Å². The van der Waals surface area contributed by atoms with Gasteiger partial charge in [-0.05, 0) is 13.8 Å². The first-order chi connectivity index (χ1) is 5.02. The van der Waals surface area contributed by atoms with Gasteiger partial charge in [0.1, 0.15) is 6.61 Å². The Kier molecular flexibility index (Phi) is 4.45. The van der Waals surface area contributed by atoms with Crippen LogP contribution in [-0.2, 0) is 14.3 Å². The number of rotatable bonds is 4. The average molecular weight is 160 g/mol. The molecule has 1 unspecified atom stereocenters. The smallest absolute Gasteiger partial charge is 0.308 e. The Morgan fingerprint density at radius 1 is 1.55 bits per heavy atom. The van der Waals surface area contributed by atoms with Crippen molar-refractivity contribution in [3.63, 3.8) is 0 Å². The summed E-state index contributed by atoms with van der Waals surface area (Å²) in [6, 6.07) is 0. The zero-order chi connectivity index (χ0) is 8.85. The minimum absolute atomic E-state index is 0.0622. The Bertz CT molecular complexity index is 151. The summed E-state index contributed by atoms with van der Waals surface area (Å²) < 4.78 is 4.47. The average Bonchev–Trinajstić information content (AvgIpc) is 1.82. The van der Waals surface area contributed by atoms with Crippen LogP contribution in [0.3, 0.4) is 0 Å². The predicted octanol–water partition coefficient (Wildman–Crippen LogP) is -0.110. The van der Waals surface area contributed by atoms with E-state index in [2.05, 4.69) is 4.74 Å². The molecule has 0 fully saturated rings. The van der Waals surface area contributed by atoms with Gasteiger partial charge in [0.2, 0.25) is 0 Å². The first-order valence-corrected chi connectivity index (χ1v) is 3.35. The number of Topliss-reactive ketones (excluding diaryl/α,β-unsaturated/α-hetero) is 1. The lowest BCUT2D eigenvalue weighted by Gasteiger charge is -2.03. The molecular formula is C7H12O4. The summed E-state index contributed by atoms with van der Waals surface area (Å²) in [6.07, 6.45) is -0.776. The van der Waals surface area contributed by atoms with Gasteiger partial charge in [0.25, 0.3) is 0 Å². The van der Waals surface area contributed by atoms with E-state index in [9.17, 15) is 9.59 Å². The van der Waals surface area contributed by atoms with Crippen LogP contribution >= 0.6 is 0 Å². The van der Waals surface area contributed by atoms with E-state index in [1.165, 1.54) is 13.8 Å². The molecule has 11 heavy (non-hydrogen) atoms. The molecule has 4 nitrogen and oxygen atoms in total. The predicted molar refractivity (Wildman–Crippen MR) is 37.9 cm³/mol. The van der Waals surface area contributed by atoms with E-state index in [0.29, 0.717) is 0 Å². The third-order valence-corrected chi connectivity index (χ3v) is 0.898. The highest BCUT2D eigenvalue weighted by Gasteiger charge is 2.07. The van der Waals surface area contributed by atoms with Crippen LogP contribution in [0.4, 0.5) is 0 Å². The fourth-order valence-corrected chi connectivity index (χ4v) is 0.482. The molecule has 0 aliphatic carbocycles. The zero-order valence-electron chi connectivity index (χ0n) is 6.66. The molecule has 0 heterocycles. The second-order valence-corrected chi connectivity index (χ2v) is 2.42. The number of hydrogen-bond acceptors (Lipinski definition) is 4. The van der Waals surface area contributed by atoms with Crippen LogP contribution in [0.5, 0.6) is 0 Å². The Hall–Kier alpha value is -0.900. The maximum Gasteiger partial charge on any atom is 0.308 e. The molecule has 0 aliphatic rings. The SMILES string of the molecule is CC(=O)COC(=O)CC(C)O. The molecule has 0 aromatic rings. The lowest BCUT2D eigenvalue weighted by Crippen LogP contribution is -2.15. The first-order valence-electron chi connectivity index (χ1n) is 3.35. The number of ether oxygens (including phenoxy) is 1. The van der Waals surface area contributed by atoms with Crippen molar-refractivity contribution in [3.8, 4) is 0 Å². The van der Waals surface area contributed by atoms with E-state index >= 15 is 0 Å². The summed E-state index contributed by atoms with van der Waals surface area (Å²) in [4.78, 5) is 20.9. The molecule has 0 radical (unpaired) electrons. The van der Waals surface area contributed by atoms with Gasteiger partial charge in [-0.1, -0.05) is 0 Å². The molecule has 0 bridgehead atoms. The number of ketones is 1. The first kappa shape index (κ1) is 10.1. The molecule has 4 heteroatoms. The number of carbonyl (C=O) groups is 2. The van der Waals surface area contributed by atoms with Gasteiger partial charge in [0, 0.05) is 0 Å². The van der Waals surface area contributed by atoms with Crippen LogP contribution in [0.25, 0.3) is 0 Å². The van der Waals surface area contributed by atoms with Crippen molar-refractivity contribution in [3.05, 3.63) is 0 Å². The summed E-state index contributed by atoms with van der Waals surface area (Å²) in [6.45, 7) is 2.61. The number of carbonyl (C=O) groups excluding carboxylic acids is 2. The molecule has 64 valence electrons. The number of hydrogen-bond donors (Lipinski definition) is 1. The molecule has 0 saturated heterocycles. The standard InChI is InChI=1S/C7H12O4/c1-5(8)3-7(10)11-4-6(2)9/h5,8H,3-4H2,1-2H3. The highest BCUT2D eigenvalue weighted by molar-refractivity contribution is 5.80. The molecule has 1 N–H and O–H groups in total. The van der Waals surface area contributed by atoms with Crippen molar-refractivity contribution in [2.75, 3.05) is 6.61 Å². The van der Waals surface area contributed by atoms with Crippen LogP contribution in [0, 0.1) is 0 Å². The molecule has 0 aromatic heterocycles. The molecule has 0 rings (SSSR count). The number of aliphatic hydroxyl groups is 1. The van der Waals surface area contributed by atoms with Gasteiger partial charge in [0.15, 0.2) is 5.78 Å². The van der Waals surface area contributed by atoms with Crippen LogP contribution in [0.1, 0.15) is 20.3 Å². The van der Waals surface area contributed by atoms with E-state index in [4.69, 9.17) is 5.11 Å². The van der Waals surface area contributed by atoms with Crippen molar-refractivity contribution in [2.24, 2.45) is 0 Å². The second-order valence-electron chi connectivity index (χ2n) is 2.42. The molecule has 0 aliphatic heterocycles. The van der Waals surface area contributed by atoms with E-state index in [1.54, 1.807) is 0 Å². The summed E-state index contributed by atoms with van der Waals surface area (Å²) in [7, 11) is 0. The third kappa shape index (κ3) is 6.99. The van der Waals surface area contributed by atoms with Crippen LogP contribution in [-0.4, -0.2) is 29.6 Å². The lowest BCUT2D eigenvalue weighted by molar-refractivity contribution is -0.149. The van der Waals surface area contributed by atoms with Crippen molar-refractivity contribution in [1.82, 2.24) is 0 Å². The van der Waals surface area contributed by atoms with Gasteiger partial charge < -0.3 is 9.84 Å². The summed E-state index contributed by atoms with van der Waals surface area (Å²) >= 11 is 0. The van der Waals surface area contributed by atoms with Gasteiger partial charge >= 0.3 is 5.97 Å². The van der Waals surface area contributed by atoms with Gasteiger partial charge in [-0.15, -0.1) is 0 Å². The minimum atomic E-state index is -0.713. The lowest BCUT2D eigenvalue weighted by atomic mass is 10.3. The quantitative estimate of drug-likeness (QED) is 0.583. The largest absolute Gasteiger partial charge is 0.458 e. The topological polar surface area (TPSA) is 63.6 Å². The van der Waals surface area contributed by atoms with Crippen molar-refractivity contribution in [1.29, 1.82) is 0 Å². The Morgan fingerprint density at radius 2 is 2.09 bits per heavy atom. The Morgan fingerprint density at radius 3 is 2.45 bits per heavy atom. The molecule has 0 aromatic carbocycles. The minimum Gasteiger partial charge on any atom is -0.458 e. The highest BCUT2D eigenvalue weighted by atomic mass is 16.5.